The van der Waals surface area contributed by atoms with Crippen molar-refractivity contribution < 1.29 is 9.53 Å². The summed E-state index contributed by atoms with van der Waals surface area (Å²) in [6.45, 7) is 3.94. The molecule has 2 aliphatic rings. The van der Waals surface area contributed by atoms with Crippen LogP contribution in [0.25, 0.3) is 0 Å². The first-order chi connectivity index (χ1) is 10.2. The monoisotopic (exact) mass is 287 g/mol. The maximum atomic E-state index is 12.3. The Balaban J connectivity index is 1.57. The molecule has 0 radical (unpaired) electrons. The molecule has 2 aliphatic carbocycles. The number of fused-ring (bicyclic) bond motifs is 2. The molecule has 1 amide bonds. The molecule has 3 heteroatoms. The molecule has 21 heavy (non-hydrogen) atoms. The van der Waals surface area contributed by atoms with Crippen LogP contribution < -0.4 is 10.1 Å². The molecule has 114 valence electrons. The molecule has 0 unspecified atom stereocenters. The van der Waals surface area contributed by atoms with Crippen LogP contribution in [0, 0.1) is 11.8 Å². The number of ether oxygens (including phenoxy) is 1. The third-order valence-electron chi connectivity index (χ3n) is 5.09. The van der Waals surface area contributed by atoms with Gasteiger partial charge in [0.15, 0.2) is 6.10 Å². The number of rotatable bonds is 5. The van der Waals surface area contributed by atoms with Gasteiger partial charge in [-0.05, 0) is 56.1 Å². The van der Waals surface area contributed by atoms with Gasteiger partial charge in [0, 0.05) is 6.04 Å². The van der Waals surface area contributed by atoms with Crippen LogP contribution in [-0.4, -0.2) is 18.1 Å². The van der Waals surface area contributed by atoms with Crippen LogP contribution in [-0.2, 0) is 11.2 Å². The third-order valence-corrected chi connectivity index (χ3v) is 5.09. The lowest BCUT2D eigenvalue weighted by Crippen LogP contribution is -2.44. The third kappa shape index (κ3) is 3.07. The highest BCUT2D eigenvalue weighted by Crippen LogP contribution is 2.44. The lowest BCUT2D eigenvalue weighted by Gasteiger charge is -2.25. The average molecular weight is 287 g/mol. The Morgan fingerprint density at radius 2 is 2.14 bits per heavy atom. The molecule has 0 aliphatic heterocycles. The summed E-state index contributed by atoms with van der Waals surface area (Å²) in [5, 5.41) is 3.20. The molecule has 0 spiro atoms. The van der Waals surface area contributed by atoms with E-state index in [2.05, 4.69) is 18.3 Å². The van der Waals surface area contributed by atoms with Crippen LogP contribution in [0.3, 0.4) is 0 Å². The predicted molar refractivity (Wildman–Crippen MR) is 83.3 cm³/mol. The minimum Gasteiger partial charge on any atom is -0.481 e. The van der Waals surface area contributed by atoms with E-state index in [4.69, 9.17) is 4.74 Å². The Morgan fingerprint density at radius 1 is 1.33 bits per heavy atom. The quantitative estimate of drug-likeness (QED) is 0.902. The van der Waals surface area contributed by atoms with Gasteiger partial charge in [0.25, 0.3) is 5.91 Å². The number of hydrogen-bond acceptors (Lipinski definition) is 2. The molecule has 2 saturated carbocycles. The van der Waals surface area contributed by atoms with Crippen molar-refractivity contribution in [2.24, 2.45) is 11.8 Å². The van der Waals surface area contributed by atoms with E-state index in [1.165, 1.54) is 19.3 Å². The number of amides is 1. The minimum atomic E-state index is -0.433. The Kier molecular flexibility index (Phi) is 4.18. The lowest BCUT2D eigenvalue weighted by molar-refractivity contribution is -0.128. The molecule has 0 heterocycles. The summed E-state index contributed by atoms with van der Waals surface area (Å²) in [6, 6.07) is 8.33. The number of para-hydroxylation sites is 1. The molecule has 0 saturated heterocycles. The largest absolute Gasteiger partial charge is 0.481 e. The molecule has 1 N–H and O–H groups in total. The molecule has 3 rings (SSSR count). The van der Waals surface area contributed by atoms with Crippen LogP contribution in [0.1, 0.15) is 45.1 Å². The number of nitrogens with one attached hydrogen (secondary N) is 1. The van der Waals surface area contributed by atoms with Gasteiger partial charge in [-0.2, -0.15) is 0 Å². The average Bonchev–Trinajstić information content (AvgIpc) is 3.10. The van der Waals surface area contributed by atoms with Crippen molar-refractivity contribution in [2.75, 3.05) is 0 Å². The zero-order valence-electron chi connectivity index (χ0n) is 13.0. The molecular weight excluding hydrogens is 262 g/mol. The first kappa shape index (κ1) is 14.4. The van der Waals surface area contributed by atoms with Crippen molar-refractivity contribution in [1.29, 1.82) is 0 Å². The van der Waals surface area contributed by atoms with Gasteiger partial charge in [-0.15, -0.1) is 0 Å². The Bertz CT molecular complexity index is 514. The summed E-state index contributed by atoms with van der Waals surface area (Å²) in [5.41, 5.74) is 1.15. The highest BCUT2D eigenvalue weighted by Gasteiger charge is 2.40. The van der Waals surface area contributed by atoms with E-state index in [0.29, 0.717) is 12.0 Å². The second-order valence-corrected chi connectivity index (χ2v) is 6.51. The fourth-order valence-corrected chi connectivity index (χ4v) is 3.88. The van der Waals surface area contributed by atoms with E-state index in [-0.39, 0.29) is 5.91 Å². The zero-order chi connectivity index (χ0) is 14.8. The summed E-state index contributed by atoms with van der Waals surface area (Å²) in [5.74, 6) is 2.40. The second-order valence-electron chi connectivity index (χ2n) is 6.51. The number of hydrogen-bond donors (Lipinski definition) is 1. The molecule has 1 aromatic carbocycles. The van der Waals surface area contributed by atoms with Crippen molar-refractivity contribution in [3.8, 4) is 5.75 Å². The minimum absolute atomic E-state index is 0.0263. The van der Waals surface area contributed by atoms with E-state index in [1.807, 2.05) is 25.1 Å². The zero-order valence-corrected chi connectivity index (χ0v) is 13.0. The molecule has 4 atom stereocenters. The van der Waals surface area contributed by atoms with E-state index in [1.54, 1.807) is 0 Å². The summed E-state index contributed by atoms with van der Waals surface area (Å²) in [4.78, 5) is 12.3. The van der Waals surface area contributed by atoms with Gasteiger partial charge in [0.2, 0.25) is 0 Å². The van der Waals surface area contributed by atoms with Crippen molar-refractivity contribution in [2.45, 2.75) is 58.1 Å². The highest BCUT2D eigenvalue weighted by atomic mass is 16.5. The first-order valence-corrected chi connectivity index (χ1v) is 8.22. The smallest absolute Gasteiger partial charge is 0.261 e. The van der Waals surface area contributed by atoms with E-state index in [0.717, 1.165) is 30.1 Å². The van der Waals surface area contributed by atoms with Crippen LogP contribution >= 0.6 is 0 Å². The molecule has 2 bridgehead atoms. The fourth-order valence-electron chi connectivity index (χ4n) is 3.88. The first-order valence-electron chi connectivity index (χ1n) is 8.22. The number of carbonyl (C=O) groups is 1. The number of aryl methyl sites for hydroxylation is 1. The van der Waals surface area contributed by atoms with E-state index >= 15 is 0 Å². The lowest BCUT2D eigenvalue weighted by atomic mass is 9.95. The van der Waals surface area contributed by atoms with Crippen molar-refractivity contribution in [3.05, 3.63) is 29.8 Å². The van der Waals surface area contributed by atoms with Gasteiger partial charge in [-0.3, -0.25) is 4.79 Å². The van der Waals surface area contributed by atoms with Crippen LogP contribution in [0.15, 0.2) is 24.3 Å². The number of benzene rings is 1. The second kappa shape index (κ2) is 6.08. The van der Waals surface area contributed by atoms with Gasteiger partial charge in [-0.1, -0.05) is 31.5 Å². The Hall–Kier alpha value is -1.51. The molecule has 3 nitrogen and oxygen atoms in total. The fraction of sp³-hybridized carbons (Fsp3) is 0.611. The molecule has 1 aromatic rings. The predicted octanol–water partition coefficient (Wildman–Crippen LogP) is 3.32. The van der Waals surface area contributed by atoms with Gasteiger partial charge < -0.3 is 10.1 Å². The SMILES string of the molecule is CCc1ccccc1O[C@H](C)C(=O)N[C@H]1C[C@H]2CC[C@H]1C2. The maximum absolute atomic E-state index is 12.3. The Morgan fingerprint density at radius 3 is 2.81 bits per heavy atom. The topological polar surface area (TPSA) is 38.3 Å². The Labute approximate surface area is 127 Å². The van der Waals surface area contributed by atoms with Crippen LogP contribution in [0.5, 0.6) is 5.75 Å². The standard InChI is InChI=1S/C18H25NO2/c1-3-14-6-4-5-7-17(14)21-12(2)18(20)19-16-11-13-8-9-15(16)10-13/h4-7,12-13,15-16H,3,8-11H2,1-2H3,(H,19,20)/t12-,13+,15+,16+/m1/s1. The van der Waals surface area contributed by atoms with E-state index < -0.39 is 6.10 Å². The molecule has 2 fully saturated rings. The summed E-state index contributed by atoms with van der Waals surface area (Å²) in [6.07, 6.45) is 5.58. The van der Waals surface area contributed by atoms with Gasteiger partial charge in [-0.25, -0.2) is 0 Å². The summed E-state index contributed by atoms with van der Waals surface area (Å²) < 4.78 is 5.88. The normalized spacial score (nSPS) is 28.4. The summed E-state index contributed by atoms with van der Waals surface area (Å²) in [7, 11) is 0. The van der Waals surface area contributed by atoms with Crippen LogP contribution in [0.2, 0.25) is 0 Å². The highest BCUT2D eigenvalue weighted by molar-refractivity contribution is 5.81. The summed E-state index contributed by atoms with van der Waals surface area (Å²) >= 11 is 0. The molecule has 0 aromatic heterocycles. The van der Waals surface area contributed by atoms with E-state index in [9.17, 15) is 4.79 Å². The maximum Gasteiger partial charge on any atom is 0.261 e. The van der Waals surface area contributed by atoms with Crippen molar-refractivity contribution in [1.82, 2.24) is 5.32 Å². The van der Waals surface area contributed by atoms with Gasteiger partial charge in [0.05, 0.1) is 0 Å². The van der Waals surface area contributed by atoms with Gasteiger partial charge in [0.1, 0.15) is 5.75 Å². The number of carbonyl (C=O) groups excluding carboxylic acids is 1. The van der Waals surface area contributed by atoms with Crippen LogP contribution in [0.4, 0.5) is 0 Å². The van der Waals surface area contributed by atoms with Gasteiger partial charge >= 0.3 is 0 Å². The van der Waals surface area contributed by atoms with Crippen molar-refractivity contribution >= 4 is 5.91 Å². The molecular formula is C18H25NO2. The van der Waals surface area contributed by atoms with Crippen molar-refractivity contribution in [3.63, 3.8) is 0 Å².